The van der Waals surface area contributed by atoms with Gasteiger partial charge in [-0.3, -0.25) is 4.79 Å². The number of thioether (sulfide) groups is 1. The predicted octanol–water partition coefficient (Wildman–Crippen LogP) is 2.04. The molecule has 1 aliphatic heterocycles. The standard InChI is InChI=1S/C15H24N4O3S3/c1-4-7-16-14-17-18-15(24-14)23-9-13(20)19(11(3)5-2)12-6-8-25(21,22)10-12/h4,11-12H,1,5-10H2,2-3H3,(H,16,17). The van der Waals surface area contributed by atoms with Gasteiger partial charge in [0.15, 0.2) is 14.2 Å². The van der Waals surface area contributed by atoms with Crippen LogP contribution in [0.25, 0.3) is 0 Å². The molecule has 25 heavy (non-hydrogen) atoms. The average Bonchev–Trinajstić information content (AvgIpc) is 3.17. The molecule has 140 valence electrons. The lowest BCUT2D eigenvalue weighted by Gasteiger charge is -2.33. The summed E-state index contributed by atoms with van der Waals surface area (Å²) in [7, 11) is -3.03. The summed E-state index contributed by atoms with van der Waals surface area (Å²) in [5, 5.41) is 11.8. The van der Waals surface area contributed by atoms with E-state index in [-0.39, 0.29) is 35.2 Å². The van der Waals surface area contributed by atoms with Crippen LogP contribution in [-0.2, 0) is 14.6 Å². The molecule has 1 saturated heterocycles. The van der Waals surface area contributed by atoms with Crippen molar-refractivity contribution in [2.75, 3.05) is 29.1 Å². The predicted molar refractivity (Wildman–Crippen MR) is 103 cm³/mol. The van der Waals surface area contributed by atoms with Gasteiger partial charge in [0, 0.05) is 18.6 Å². The van der Waals surface area contributed by atoms with Crippen molar-refractivity contribution in [2.45, 2.75) is 43.1 Å². The van der Waals surface area contributed by atoms with Crippen LogP contribution in [-0.4, -0.2) is 65.3 Å². The van der Waals surface area contributed by atoms with Crippen LogP contribution in [0, 0.1) is 0 Å². The van der Waals surface area contributed by atoms with Crippen molar-refractivity contribution in [2.24, 2.45) is 0 Å². The molecular weight excluding hydrogens is 380 g/mol. The normalized spacial score (nSPS) is 20.2. The summed E-state index contributed by atoms with van der Waals surface area (Å²) in [4.78, 5) is 14.5. The molecule has 1 N–H and O–H groups in total. The van der Waals surface area contributed by atoms with Gasteiger partial charge in [-0.1, -0.05) is 36.1 Å². The highest BCUT2D eigenvalue weighted by Crippen LogP contribution is 2.27. The van der Waals surface area contributed by atoms with E-state index >= 15 is 0 Å². The number of amides is 1. The Hall–Kier alpha value is -1.13. The van der Waals surface area contributed by atoms with Crippen LogP contribution in [0.3, 0.4) is 0 Å². The number of aromatic nitrogens is 2. The molecule has 2 rings (SSSR count). The lowest BCUT2D eigenvalue weighted by atomic mass is 10.1. The van der Waals surface area contributed by atoms with Crippen molar-refractivity contribution < 1.29 is 13.2 Å². The number of rotatable bonds is 9. The highest BCUT2D eigenvalue weighted by Gasteiger charge is 2.36. The number of anilines is 1. The van der Waals surface area contributed by atoms with Crippen LogP contribution in [0.15, 0.2) is 17.0 Å². The van der Waals surface area contributed by atoms with Gasteiger partial charge in [-0.25, -0.2) is 8.42 Å². The van der Waals surface area contributed by atoms with E-state index in [1.54, 1.807) is 11.0 Å². The summed E-state index contributed by atoms with van der Waals surface area (Å²) in [6.45, 7) is 8.21. The van der Waals surface area contributed by atoms with Gasteiger partial charge < -0.3 is 10.2 Å². The number of carbonyl (C=O) groups is 1. The van der Waals surface area contributed by atoms with Crippen molar-refractivity contribution in [3.63, 3.8) is 0 Å². The molecule has 1 aromatic rings. The van der Waals surface area contributed by atoms with Crippen molar-refractivity contribution in [3.8, 4) is 0 Å². The first-order chi connectivity index (χ1) is 11.9. The van der Waals surface area contributed by atoms with Crippen LogP contribution in [0.5, 0.6) is 0 Å². The van der Waals surface area contributed by atoms with Gasteiger partial charge in [0.2, 0.25) is 11.0 Å². The Balaban J connectivity index is 1.97. The molecule has 0 aromatic carbocycles. The zero-order valence-corrected chi connectivity index (χ0v) is 16.9. The number of hydrogen-bond acceptors (Lipinski definition) is 8. The fourth-order valence-electron chi connectivity index (χ4n) is 2.70. The van der Waals surface area contributed by atoms with Crippen molar-refractivity contribution in [1.82, 2.24) is 15.1 Å². The first-order valence-corrected chi connectivity index (χ1v) is 11.8. The smallest absolute Gasteiger partial charge is 0.233 e. The number of nitrogens with zero attached hydrogens (tertiary/aromatic N) is 3. The minimum Gasteiger partial charge on any atom is -0.357 e. The summed E-state index contributed by atoms with van der Waals surface area (Å²) in [6.07, 6.45) is 3.05. The molecule has 0 saturated carbocycles. The third-order valence-corrected chi connectivity index (χ3v) is 7.83. The lowest BCUT2D eigenvalue weighted by Crippen LogP contribution is -2.47. The van der Waals surface area contributed by atoms with Crippen molar-refractivity contribution in [3.05, 3.63) is 12.7 Å². The minimum absolute atomic E-state index is 0.0191. The van der Waals surface area contributed by atoms with E-state index in [4.69, 9.17) is 0 Å². The molecule has 1 amide bonds. The highest BCUT2D eigenvalue weighted by atomic mass is 32.2. The van der Waals surface area contributed by atoms with E-state index in [0.29, 0.717) is 22.4 Å². The summed E-state index contributed by atoms with van der Waals surface area (Å²) >= 11 is 2.72. The van der Waals surface area contributed by atoms with Gasteiger partial charge in [-0.2, -0.15) is 0 Å². The fraction of sp³-hybridized carbons (Fsp3) is 0.667. The summed E-state index contributed by atoms with van der Waals surface area (Å²) in [5.41, 5.74) is 0. The van der Waals surface area contributed by atoms with Crippen LogP contribution in [0.4, 0.5) is 5.13 Å². The summed E-state index contributed by atoms with van der Waals surface area (Å²) in [6, 6.07) is -0.196. The quantitative estimate of drug-likeness (QED) is 0.497. The Morgan fingerprint density at radius 2 is 2.32 bits per heavy atom. The number of nitrogens with one attached hydrogen (secondary N) is 1. The zero-order valence-electron chi connectivity index (χ0n) is 14.5. The van der Waals surface area contributed by atoms with Crippen molar-refractivity contribution in [1.29, 1.82) is 0 Å². The maximum atomic E-state index is 12.7. The van der Waals surface area contributed by atoms with Crippen molar-refractivity contribution >= 4 is 44.0 Å². The SMILES string of the molecule is C=CCNc1nnc(SCC(=O)N(C(C)CC)C2CCS(=O)(=O)C2)s1. The fourth-order valence-corrected chi connectivity index (χ4v) is 6.04. The van der Waals surface area contributed by atoms with Crippen LogP contribution in [0.1, 0.15) is 26.7 Å². The van der Waals surface area contributed by atoms with Crippen LogP contribution < -0.4 is 5.32 Å². The third kappa shape index (κ3) is 5.68. The first kappa shape index (κ1) is 20.2. The molecule has 2 heterocycles. The molecule has 7 nitrogen and oxygen atoms in total. The van der Waals surface area contributed by atoms with Gasteiger partial charge in [0.25, 0.3) is 0 Å². The monoisotopic (exact) mass is 404 g/mol. The van der Waals surface area contributed by atoms with Gasteiger partial charge in [-0.05, 0) is 19.8 Å². The molecule has 0 aliphatic carbocycles. The molecule has 0 radical (unpaired) electrons. The largest absolute Gasteiger partial charge is 0.357 e. The van der Waals surface area contributed by atoms with Gasteiger partial charge in [-0.15, -0.1) is 16.8 Å². The highest BCUT2D eigenvalue weighted by molar-refractivity contribution is 8.01. The Kier molecular flexibility index (Phi) is 7.26. The number of hydrogen-bond donors (Lipinski definition) is 1. The molecule has 1 aromatic heterocycles. The molecule has 1 aliphatic rings. The molecular formula is C15H24N4O3S3. The van der Waals surface area contributed by atoms with Gasteiger partial charge >= 0.3 is 0 Å². The first-order valence-electron chi connectivity index (χ1n) is 8.19. The Labute approximate surface area is 157 Å². The van der Waals surface area contributed by atoms with Crippen LogP contribution in [0.2, 0.25) is 0 Å². The average molecular weight is 405 g/mol. The summed E-state index contributed by atoms with van der Waals surface area (Å²) in [5.74, 6) is 0.427. The Morgan fingerprint density at radius 1 is 1.56 bits per heavy atom. The second-order valence-electron chi connectivity index (χ2n) is 5.95. The maximum Gasteiger partial charge on any atom is 0.233 e. The molecule has 0 spiro atoms. The third-order valence-electron chi connectivity index (χ3n) is 4.08. The van der Waals surface area contributed by atoms with E-state index in [1.807, 2.05) is 13.8 Å². The molecule has 2 unspecified atom stereocenters. The van der Waals surface area contributed by atoms with E-state index < -0.39 is 9.84 Å². The molecule has 2 atom stereocenters. The second-order valence-corrected chi connectivity index (χ2v) is 10.4. The van der Waals surface area contributed by atoms with E-state index in [1.165, 1.54) is 23.1 Å². The summed E-state index contributed by atoms with van der Waals surface area (Å²) < 4.78 is 24.3. The Morgan fingerprint density at radius 3 is 2.92 bits per heavy atom. The maximum absolute atomic E-state index is 12.7. The number of sulfone groups is 1. The zero-order chi connectivity index (χ0) is 18.4. The lowest BCUT2D eigenvalue weighted by molar-refractivity contribution is -0.132. The van der Waals surface area contributed by atoms with Crippen LogP contribution >= 0.6 is 23.1 Å². The van der Waals surface area contributed by atoms with Gasteiger partial charge in [0.1, 0.15) is 0 Å². The Bertz CT molecular complexity index is 705. The topological polar surface area (TPSA) is 92.3 Å². The molecule has 1 fully saturated rings. The van der Waals surface area contributed by atoms with E-state index in [2.05, 4.69) is 22.1 Å². The second kappa shape index (κ2) is 9.00. The molecule has 0 bridgehead atoms. The van der Waals surface area contributed by atoms with Gasteiger partial charge in [0.05, 0.1) is 17.3 Å². The molecule has 10 heteroatoms. The number of carbonyl (C=O) groups excluding carboxylic acids is 1. The van der Waals surface area contributed by atoms with E-state index in [9.17, 15) is 13.2 Å². The van der Waals surface area contributed by atoms with E-state index in [0.717, 1.165) is 6.42 Å². The minimum atomic E-state index is -3.03.